The summed E-state index contributed by atoms with van der Waals surface area (Å²) >= 11 is 1.23. The van der Waals surface area contributed by atoms with E-state index in [4.69, 9.17) is 9.47 Å². The van der Waals surface area contributed by atoms with E-state index in [1.807, 2.05) is 18.2 Å². The molecular formula is C23H19N5O4S. The molecule has 2 N–H and O–H groups in total. The molecule has 9 nitrogen and oxygen atoms in total. The van der Waals surface area contributed by atoms with E-state index in [2.05, 4.69) is 25.8 Å². The highest BCUT2D eigenvalue weighted by Gasteiger charge is 2.12. The number of pyridine rings is 1. The first-order valence-corrected chi connectivity index (χ1v) is 10.7. The van der Waals surface area contributed by atoms with Gasteiger partial charge >= 0.3 is 0 Å². The van der Waals surface area contributed by atoms with Crippen LogP contribution in [0.4, 0.5) is 10.8 Å². The first kappa shape index (κ1) is 21.9. The molecule has 2 heterocycles. The predicted octanol–water partition coefficient (Wildman–Crippen LogP) is 3.88. The van der Waals surface area contributed by atoms with Gasteiger partial charge in [0.15, 0.2) is 11.6 Å². The molecule has 0 aliphatic carbocycles. The number of methoxy groups -OCH3 is 1. The SMILES string of the molecule is COc1cccc(NC(=O)COc2ccc(C(=O)Nc3nnc(-c4ccccn4)s3)cc2)c1. The predicted molar refractivity (Wildman–Crippen MR) is 125 cm³/mol. The second-order valence-electron chi connectivity index (χ2n) is 6.67. The molecule has 0 saturated heterocycles. The van der Waals surface area contributed by atoms with Crippen molar-refractivity contribution >= 4 is 34.0 Å². The number of hydrogen-bond acceptors (Lipinski definition) is 8. The lowest BCUT2D eigenvalue weighted by atomic mass is 10.2. The summed E-state index contributed by atoms with van der Waals surface area (Å²) in [6, 6.07) is 19.0. The number of anilines is 2. The van der Waals surface area contributed by atoms with Crippen molar-refractivity contribution < 1.29 is 19.1 Å². The molecule has 0 atom stereocenters. The minimum Gasteiger partial charge on any atom is -0.497 e. The molecular weight excluding hydrogens is 442 g/mol. The Morgan fingerprint density at radius 1 is 0.939 bits per heavy atom. The Hall–Kier alpha value is -4.31. The lowest BCUT2D eigenvalue weighted by molar-refractivity contribution is -0.118. The highest BCUT2D eigenvalue weighted by Crippen LogP contribution is 2.25. The normalized spacial score (nSPS) is 10.3. The number of amides is 2. The molecule has 0 aliphatic rings. The minimum atomic E-state index is -0.332. The van der Waals surface area contributed by atoms with Crippen molar-refractivity contribution in [2.24, 2.45) is 0 Å². The van der Waals surface area contributed by atoms with Gasteiger partial charge in [0.05, 0.1) is 7.11 Å². The van der Waals surface area contributed by atoms with Crippen molar-refractivity contribution in [1.82, 2.24) is 15.2 Å². The maximum atomic E-state index is 12.5. The van der Waals surface area contributed by atoms with Crippen LogP contribution < -0.4 is 20.1 Å². The van der Waals surface area contributed by atoms with Gasteiger partial charge in [-0.25, -0.2) is 0 Å². The van der Waals surface area contributed by atoms with E-state index < -0.39 is 0 Å². The molecule has 0 radical (unpaired) electrons. The number of ether oxygens (including phenoxy) is 2. The topological polar surface area (TPSA) is 115 Å². The minimum absolute atomic E-state index is 0.177. The zero-order valence-electron chi connectivity index (χ0n) is 17.5. The van der Waals surface area contributed by atoms with Crippen LogP contribution in [-0.4, -0.2) is 40.7 Å². The first-order chi connectivity index (χ1) is 16.1. The summed E-state index contributed by atoms with van der Waals surface area (Å²) in [5.74, 6) is 0.454. The van der Waals surface area contributed by atoms with Crippen LogP contribution >= 0.6 is 11.3 Å². The molecule has 0 fully saturated rings. The highest BCUT2D eigenvalue weighted by atomic mass is 32.1. The summed E-state index contributed by atoms with van der Waals surface area (Å²) in [6.45, 7) is -0.177. The Kier molecular flexibility index (Phi) is 6.86. The molecule has 2 amide bonds. The quantitative estimate of drug-likeness (QED) is 0.409. The van der Waals surface area contributed by atoms with Crippen LogP contribution in [0.3, 0.4) is 0 Å². The Morgan fingerprint density at radius 2 is 1.79 bits per heavy atom. The molecule has 2 aromatic heterocycles. The average molecular weight is 462 g/mol. The molecule has 4 aromatic rings. The van der Waals surface area contributed by atoms with Crippen LogP contribution in [-0.2, 0) is 4.79 Å². The fraction of sp³-hybridized carbons (Fsp3) is 0.0870. The van der Waals surface area contributed by atoms with E-state index in [1.54, 1.807) is 61.8 Å². The number of aromatic nitrogens is 3. The van der Waals surface area contributed by atoms with Crippen molar-refractivity contribution in [2.45, 2.75) is 0 Å². The van der Waals surface area contributed by atoms with Gasteiger partial charge in [0.25, 0.3) is 11.8 Å². The third-order valence-electron chi connectivity index (χ3n) is 4.37. The van der Waals surface area contributed by atoms with Crippen LogP contribution in [0.15, 0.2) is 72.9 Å². The van der Waals surface area contributed by atoms with Gasteiger partial charge in [0.1, 0.15) is 17.2 Å². The molecule has 0 bridgehead atoms. The standard InChI is InChI=1S/C23H19N5O4S/c1-31-18-6-4-5-16(13-18)25-20(29)14-32-17-10-8-15(9-11-17)21(30)26-23-28-27-22(33-23)19-7-2-3-12-24-19/h2-13H,14H2,1H3,(H,25,29)(H,26,28,30). The number of hydrogen-bond donors (Lipinski definition) is 2. The van der Waals surface area contributed by atoms with Gasteiger partial charge in [0, 0.05) is 23.5 Å². The largest absolute Gasteiger partial charge is 0.497 e. The molecule has 2 aromatic carbocycles. The van der Waals surface area contributed by atoms with Crippen molar-refractivity contribution in [1.29, 1.82) is 0 Å². The highest BCUT2D eigenvalue weighted by molar-refractivity contribution is 7.18. The maximum absolute atomic E-state index is 12.5. The number of rotatable bonds is 8. The third-order valence-corrected chi connectivity index (χ3v) is 5.23. The Morgan fingerprint density at radius 3 is 2.55 bits per heavy atom. The van der Waals surface area contributed by atoms with Gasteiger partial charge in [0.2, 0.25) is 5.13 Å². The smallest absolute Gasteiger partial charge is 0.262 e. The van der Waals surface area contributed by atoms with Gasteiger partial charge in [-0.15, -0.1) is 10.2 Å². The monoisotopic (exact) mass is 461 g/mol. The van der Waals surface area contributed by atoms with Crippen molar-refractivity contribution in [3.8, 4) is 22.2 Å². The molecule has 0 spiro atoms. The second-order valence-corrected chi connectivity index (χ2v) is 7.65. The van der Waals surface area contributed by atoms with Crippen molar-refractivity contribution in [2.75, 3.05) is 24.4 Å². The number of nitrogens with one attached hydrogen (secondary N) is 2. The van der Waals surface area contributed by atoms with Crippen LogP contribution in [0.2, 0.25) is 0 Å². The van der Waals surface area contributed by atoms with Crippen LogP contribution in [0.1, 0.15) is 10.4 Å². The number of carbonyl (C=O) groups excluding carboxylic acids is 2. The molecule has 0 saturated carbocycles. The molecule has 4 rings (SSSR count). The van der Waals surface area contributed by atoms with Crippen LogP contribution in [0, 0.1) is 0 Å². The van der Waals surface area contributed by atoms with Crippen LogP contribution in [0.5, 0.6) is 11.5 Å². The summed E-state index contributed by atoms with van der Waals surface area (Å²) in [6.07, 6.45) is 1.67. The van der Waals surface area contributed by atoms with Crippen LogP contribution in [0.25, 0.3) is 10.7 Å². The zero-order chi connectivity index (χ0) is 23.0. The van der Waals surface area contributed by atoms with E-state index in [0.29, 0.717) is 38.6 Å². The molecule has 33 heavy (non-hydrogen) atoms. The number of carbonyl (C=O) groups is 2. The molecule has 10 heteroatoms. The Balaban J connectivity index is 1.29. The lowest BCUT2D eigenvalue weighted by Crippen LogP contribution is -2.20. The van der Waals surface area contributed by atoms with E-state index in [9.17, 15) is 9.59 Å². The van der Waals surface area contributed by atoms with E-state index >= 15 is 0 Å². The first-order valence-electron chi connectivity index (χ1n) is 9.84. The Bertz CT molecular complexity index is 1250. The Labute approximate surface area is 193 Å². The lowest BCUT2D eigenvalue weighted by Gasteiger charge is -2.09. The summed E-state index contributed by atoms with van der Waals surface area (Å²) in [4.78, 5) is 28.8. The molecule has 0 unspecified atom stereocenters. The maximum Gasteiger partial charge on any atom is 0.262 e. The fourth-order valence-electron chi connectivity index (χ4n) is 2.79. The summed E-state index contributed by atoms with van der Waals surface area (Å²) in [5, 5.41) is 14.5. The molecule has 166 valence electrons. The van der Waals surface area contributed by atoms with E-state index in [1.165, 1.54) is 11.3 Å². The molecule has 0 aliphatic heterocycles. The third kappa shape index (κ3) is 5.89. The van der Waals surface area contributed by atoms with Crippen molar-refractivity contribution in [3.63, 3.8) is 0 Å². The summed E-state index contributed by atoms with van der Waals surface area (Å²) in [7, 11) is 1.56. The van der Waals surface area contributed by atoms with E-state index in [-0.39, 0.29) is 18.4 Å². The van der Waals surface area contributed by atoms with Gasteiger partial charge < -0.3 is 14.8 Å². The van der Waals surface area contributed by atoms with Gasteiger partial charge in [-0.2, -0.15) is 0 Å². The zero-order valence-corrected chi connectivity index (χ0v) is 18.3. The number of benzene rings is 2. The second kappa shape index (κ2) is 10.3. The average Bonchev–Trinajstić information content (AvgIpc) is 3.32. The van der Waals surface area contributed by atoms with Gasteiger partial charge in [-0.05, 0) is 48.5 Å². The fourth-order valence-corrected chi connectivity index (χ4v) is 3.50. The summed E-state index contributed by atoms with van der Waals surface area (Å²) < 4.78 is 10.6. The van der Waals surface area contributed by atoms with E-state index in [0.717, 1.165) is 0 Å². The van der Waals surface area contributed by atoms with Crippen molar-refractivity contribution in [3.05, 3.63) is 78.5 Å². The summed E-state index contributed by atoms with van der Waals surface area (Å²) in [5.41, 5.74) is 1.71. The number of nitrogens with zero attached hydrogens (tertiary/aromatic N) is 3. The van der Waals surface area contributed by atoms with Gasteiger partial charge in [-0.1, -0.05) is 23.5 Å². The van der Waals surface area contributed by atoms with Gasteiger partial charge in [-0.3, -0.25) is 19.9 Å².